The summed E-state index contributed by atoms with van der Waals surface area (Å²) in [5.41, 5.74) is 3.19. The molecule has 3 rings (SSSR count). The fourth-order valence-corrected chi connectivity index (χ4v) is 3.38. The summed E-state index contributed by atoms with van der Waals surface area (Å²) in [5.74, 6) is 0.858. The Morgan fingerprint density at radius 1 is 1.05 bits per heavy atom. The maximum atomic E-state index is 5.41. The van der Waals surface area contributed by atoms with Gasteiger partial charge in [-0.1, -0.05) is 24.3 Å². The van der Waals surface area contributed by atoms with E-state index in [0.717, 1.165) is 27.6 Å². The highest BCUT2D eigenvalue weighted by Crippen LogP contribution is 2.34. The van der Waals surface area contributed by atoms with Crippen LogP contribution in [0.25, 0.3) is 21.8 Å². The highest BCUT2D eigenvalue weighted by Gasteiger charge is 2.10. The maximum absolute atomic E-state index is 5.41. The lowest BCUT2D eigenvalue weighted by Crippen LogP contribution is -1.87. The zero-order valence-electron chi connectivity index (χ0n) is 11.9. The van der Waals surface area contributed by atoms with Crippen LogP contribution in [0, 0.1) is 0 Å². The summed E-state index contributed by atoms with van der Waals surface area (Å²) in [6.07, 6.45) is 2.08. The smallest absolute Gasteiger partial charge is 0.129 e. The molecule has 0 aliphatic rings. The average molecular weight is 313 g/mol. The molecule has 0 spiro atoms. The molecule has 2 aromatic carbocycles. The second kappa shape index (κ2) is 6.33. The zero-order chi connectivity index (χ0) is 14.7. The van der Waals surface area contributed by atoms with Gasteiger partial charge in [0.25, 0.3) is 0 Å². The minimum Gasteiger partial charge on any atom is -0.496 e. The molecule has 0 saturated carbocycles. The van der Waals surface area contributed by atoms with E-state index in [-0.39, 0.29) is 0 Å². The molecule has 0 bridgehead atoms. The third-order valence-electron chi connectivity index (χ3n) is 3.23. The topological polar surface area (TPSA) is 22.1 Å². The Labute approximate surface area is 132 Å². The third-order valence-corrected chi connectivity index (χ3v) is 4.85. The van der Waals surface area contributed by atoms with Crippen LogP contribution in [0.15, 0.2) is 58.8 Å². The predicted molar refractivity (Wildman–Crippen MR) is 91.3 cm³/mol. The standard InChI is InChI=1S/C17H15NOS2/c1-19-16-6-4-3-5-14(16)17-18-15(11-21-17)12-7-9-13(20-2)10-8-12/h3-11H,1-2H3. The van der Waals surface area contributed by atoms with Gasteiger partial charge < -0.3 is 4.74 Å². The van der Waals surface area contributed by atoms with Gasteiger partial charge in [-0.3, -0.25) is 0 Å². The van der Waals surface area contributed by atoms with E-state index in [1.54, 1.807) is 30.2 Å². The van der Waals surface area contributed by atoms with Crippen LogP contribution in [0.5, 0.6) is 5.75 Å². The van der Waals surface area contributed by atoms with Crippen molar-refractivity contribution >= 4 is 23.1 Å². The molecular weight excluding hydrogens is 298 g/mol. The molecule has 0 amide bonds. The second-order valence-electron chi connectivity index (χ2n) is 4.47. The molecule has 1 aromatic heterocycles. The Balaban J connectivity index is 1.95. The summed E-state index contributed by atoms with van der Waals surface area (Å²) >= 11 is 3.39. The molecule has 0 saturated heterocycles. The van der Waals surface area contributed by atoms with Gasteiger partial charge in [0.15, 0.2) is 0 Å². The molecule has 106 valence electrons. The van der Waals surface area contributed by atoms with Crippen LogP contribution in [0.1, 0.15) is 0 Å². The van der Waals surface area contributed by atoms with Crippen molar-refractivity contribution in [3.63, 3.8) is 0 Å². The Bertz CT molecular complexity index is 735. The molecule has 3 aromatic rings. The van der Waals surface area contributed by atoms with Gasteiger partial charge in [-0.25, -0.2) is 4.98 Å². The van der Waals surface area contributed by atoms with E-state index in [0.29, 0.717) is 0 Å². The van der Waals surface area contributed by atoms with Crippen LogP contribution in [0.2, 0.25) is 0 Å². The number of hydrogen-bond donors (Lipinski definition) is 0. The van der Waals surface area contributed by atoms with Crippen LogP contribution in [0.3, 0.4) is 0 Å². The SMILES string of the molecule is COc1ccccc1-c1nc(-c2ccc(SC)cc2)cs1. The second-order valence-corrected chi connectivity index (χ2v) is 6.20. The van der Waals surface area contributed by atoms with Gasteiger partial charge in [0, 0.05) is 15.8 Å². The first-order valence-corrected chi connectivity index (χ1v) is 8.65. The van der Waals surface area contributed by atoms with Gasteiger partial charge in [0.2, 0.25) is 0 Å². The van der Waals surface area contributed by atoms with E-state index in [9.17, 15) is 0 Å². The van der Waals surface area contributed by atoms with Crippen LogP contribution in [0.4, 0.5) is 0 Å². The number of thiazole rings is 1. The van der Waals surface area contributed by atoms with E-state index in [2.05, 4.69) is 35.9 Å². The average Bonchev–Trinajstić information content (AvgIpc) is 3.04. The van der Waals surface area contributed by atoms with Crippen molar-refractivity contribution in [3.8, 4) is 27.6 Å². The van der Waals surface area contributed by atoms with Gasteiger partial charge in [-0.15, -0.1) is 23.1 Å². The summed E-state index contributed by atoms with van der Waals surface area (Å²) in [6.45, 7) is 0. The van der Waals surface area contributed by atoms with Crippen molar-refractivity contribution in [2.24, 2.45) is 0 Å². The van der Waals surface area contributed by atoms with E-state index < -0.39 is 0 Å². The van der Waals surface area contributed by atoms with Crippen LogP contribution >= 0.6 is 23.1 Å². The van der Waals surface area contributed by atoms with Crippen LogP contribution in [-0.4, -0.2) is 18.3 Å². The molecule has 21 heavy (non-hydrogen) atoms. The molecule has 0 fully saturated rings. The minimum absolute atomic E-state index is 0.858. The quantitative estimate of drug-likeness (QED) is 0.617. The number of rotatable bonds is 4. The van der Waals surface area contributed by atoms with Gasteiger partial charge >= 0.3 is 0 Å². The number of para-hydroxylation sites is 1. The summed E-state index contributed by atoms with van der Waals surface area (Å²) in [6, 6.07) is 16.5. The fourth-order valence-electron chi connectivity index (χ4n) is 2.11. The fraction of sp³-hybridized carbons (Fsp3) is 0.118. The summed E-state index contributed by atoms with van der Waals surface area (Å²) < 4.78 is 5.41. The molecule has 0 aliphatic carbocycles. The Morgan fingerprint density at radius 2 is 1.81 bits per heavy atom. The normalized spacial score (nSPS) is 10.6. The van der Waals surface area contributed by atoms with Crippen molar-refractivity contribution in [3.05, 3.63) is 53.9 Å². The van der Waals surface area contributed by atoms with E-state index in [1.807, 2.05) is 24.3 Å². The van der Waals surface area contributed by atoms with Crippen LogP contribution < -0.4 is 4.74 Å². The van der Waals surface area contributed by atoms with Gasteiger partial charge in [-0.2, -0.15) is 0 Å². The Morgan fingerprint density at radius 3 is 2.52 bits per heavy atom. The molecule has 0 unspecified atom stereocenters. The van der Waals surface area contributed by atoms with E-state index in [4.69, 9.17) is 9.72 Å². The lowest BCUT2D eigenvalue weighted by molar-refractivity contribution is 0.416. The molecule has 4 heteroatoms. The van der Waals surface area contributed by atoms with Gasteiger partial charge in [0.1, 0.15) is 10.8 Å². The largest absolute Gasteiger partial charge is 0.496 e. The summed E-state index contributed by atoms with van der Waals surface area (Å²) in [7, 11) is 1.69. The molecular formula is C17H15NOS2. The van der Waals surface area contributed by atoms with Crippen LogP contribution in [-0.2, 0) is 0 Å². The molecule has 0 atom stereocenters. The third kappa shape index (κ3) is 2.96. The number of methoxy groups -OCH3 is 1. The van der Waals surface area contributed by atoms with Crippen molar-refractivity contribution in [2.75, 3.05) is 13.4 Å². The zero-order valence-corrected chi connectivity index (χ0v) is 13.5. The lowest BCUT2D eigenvalue weighted by atomic mass is 10.2. The monoisotopic (exact) mass is 313 g/mol. The van der Waals surface area contributed by atoms with E-state index >= 15 is 0 Å². The summed E-state index contributed by atoms with van der Waals surface area (Å²) in [5, 5.41) is 3.08. The lowest BCUT2D eigenvalue weighted by Gasteiger charge is -2.04. The molecule has 2 nitrogen and oxygen atoms in total. The number of hydrogen-bond acceptors (Lipinski definition) is 4. The molecule has 0 aliphatic heterocycles. The van der Waals surface area contributed by atoms with Gasteiger partial charge in [0.05, 0.1) is 18.4 Å². The highest BCUT2D eigenvalue weighted by molar-refractivity contribution is 7.98. The number of benzene rings is 2. The van der Waals surface area contributed by atoms with Crippen molar-refractivity contribution in [2.45, 2.75) is 4.90 Å². The highest BCUT2D eigenvalue weighted by atomic mass is 32.2. The first-order valence-electron chi connectivity index (χ1n) is 6.55. The Hall–Kier alpha value is -1.78. The van der Waals surface area contributed by atoms with Gasteiger partial charge in [-0.05, 0) is 30.5 Å². The molecule has 0 radical (unpaired) electrons. The number of aromatic nitrogens is 1. The van der Waals surface area contributed by atoms with Crippen molar-refractivity contribution < 1.29 is 4.74 Å². The molecule has 0 N–H and O–H groups in total. The van der Waals surface area contributed by atoms with Crippen molar-refractivity contribution in [1.82, 2.24) is 4.98 Å². The predicted octanol–water partition coefficient (Wildman–Crippen LogP) is 5.21. The van der Waals surface area contributed by atoms with Crippen molar-refractivity contribution in [1.29, 1.82) is 0 Å². The minimum atomic E-state index is 0.858. The Kier molecular flexibility index (Phi) is 4.27. The maximum Gasteiger partial charge on any atom is 0.129 e. The summed E-state index contributed by atoms with van der Waals surface area (Å²) in [4.78, 5) is 6.01. The molecule has 1 heterocycles. The number of ether oxygens (including phenoxy) is 1. The first kappa shape index (κ1) is 14.2. The first-order chi connectivity index (χ1) is 10.3. The van der Waals surface area contributed by atoms with E-state index in [1.165, 1.54) is 4.90 Å². The number of nitrogens with zero attached hydrogens (tertiary/aromatic N) is 1. The number of thioether (sulfide) groups is 1.